The molecule has 2 rings (SSSR count). The summed E-state index contributed by atoms with van der Waals surface area (Å²) in [5.41, 5.74) is 1.02. The molecule has 0 aromatic heterocycles. The monoisotopic (exact) mass is 340 g/mol. The van der Waals surface area contributed by atoms with Gasteiger partial charge in [0.25, 0.3) is 0 Å². The zero-order chi connectivity index (χ0) is 16.7. The van der Waals surface area contributed by atoms with Crippen LogP contribution in [0.4, 0.5) is 4.79 Å². The molecule has 1 atom stereocenters. The molecule has 1 saturated heterocycles. The number of benzene rings is 1. The predicted molar refractivity (Wildman–Crippen MR) is 90.6 cm³/mol. The summed E-state index contributed by atoms with van der Waals surface area (Å²) in [4.78, 5) is 14.3. The van der Waals surface area contributed by atoms with E-state index in [1.54, 1.807) is 7.11 Å². The molecule has 0 spiro atoms. The van der Waals surface area contributed by atoms with Crippen molar-refractivity contribution < 1.29 is 14.6 Å². The largest absolute Gasteiger partial charge is 0.396 e. The van der Waals surface area contributed by atoms with Crippen molar-refractivity contribution in [1.29, 1.82) is 0 Å². The standard InChI is InChI=1S/C17H25ClN2O3/c1-23-11-8-16(14-2-4-15(18)5-3-14)19-17(22)20-9-6-13(12-21)7-10-20/h2-5,13,16,21H,6-12H2,1H3,(H,19,22). The van der Waals surface area contributed by atoms with Crippen molar-refractivity contribution >= 4 is 17.6 Å². The van der Waals surface area contributed by atoms with E-state index in [9.17, 15) is 9.90 Å². The van der Waals surface area contributed by atoms with Crippen molar-refractivity contribution in [3.63, 3.8) is 0 Å². The molecule has 1 aliphatic heterocycles. The normalized spacial score (nSPS) is 17.1. The molecule has 1 fully saturated rings. The number of carbonyl (C=O) groups excluding carboxylic acids is 1. The summed E-state index contributed by atoms with van der Waals surface area (Å²) in [6.45, 7) is 2.15. The summed E-state index contributed by atoms with van der Waals surface area (Å²) in [7, 11) is 1.65. The Balaban J connectivity index is 1.96. The first-order valence-electron chi connectivity index (χ1n) is 8.04. The Bertz CT molecular complexity index is 487. The van der Waals surface area contributed by atoms with Crippen molar-refractivity contribution in [2.75, 3.05) is 33.4 Å². The smallest absolute Gasteiger partial charge is 0.317 e. The van der Waals surface area contributed by atoms with Crippen LogP contribution in [0.1, 0.15) is 30.9 Å². The minimum absolute atomic E-state index is 0.0579. The van der Waals surface area contributed by atoms with Crippen LogP contribution in [0.2, 0.25) is 5.02 Å². The fourth-order valence-electron chi connectivity index (χ4n) is 2.81. The average molecular weight is 341 g/mol. The molecule has 1 unspecified atom stereocenters. The predicted octanol–water partition coefficient (Wildman–Crippen LogP) is 2.83. The molecule has 5 nitrogen and oxygen atoms in total. The Morgan fingerprint density at radius 3 is 2.61 bits per heavy atom. The molecule has 23 heavy (non-hydrogen) atoms. The van der Waals surface area contributed by atoms with Gasteiger partial charge in [0.2, 0.25) is 0 Å². The zero-order valence-electron chi connectivity index (χ0n) is 13.5. The van der Waals surface area contributed by atoms with Gasteiger partial charge in [-0.05, 0) is 42.9 Å². The van der Waals surface area contributed by atoms with Gasteiger partial charge in [-0.15, -0.1) is 0 Å². The lowest BCUT2D eigenvalue weighted by Crippen LogP contribution is -2.46. The number of likely N-dealkylation sites (tertiary alicyclic amines) is 1. The number of hydrogen-bond donors (Lipinski definition) is 2. The molecule has 1 heterocycles. The van der Waals surface area contributed by atoms with Crippen molar-refractivity contribution in [3.05, 3.63) is 34.9 Å². The summed E-state index contributed by atoms with van der Waals surface area (Å²) in [5.74, 6) is 0.319. The number of aliphatic hydroxyl groups excluding tert-OH is 1. The third-order valence-corrected chi connectivity index (χ3v) is 4.59. The summed E-state index contributed by atoms with van der Waals surface area (Å²) in [5, 5.41) is 13.0. The quantitative estimate of drug-likeness (QED) is 0.837. The number of ether oxygens (including phenoxy) is 1. The van der Waals surface area contributed by atoms with Crippen LogP contribution < -0.4 is 5.32 Å². The molecule has 6 heteroatoms. The van der Waals surface area contributed by atoms with Gasteiger partial charge in [-0.1, -0.05) is 23.7 Å². The number of methoxy groups -OCH3 is 1. The highest BCUT2D eigenvalue weighted by atomic mass is 35.5. The highest BCUT2D eigenvalue weighted by molar-refractivity contribution is 6.30. The number of rotatable bonds is 6. The van der Waals surface area contributed by atoms with E-state index in [0.29, 0.717) is 37.1 Å². The molecule has 0 saturated carbocycles. The first-order chi connectivity index (χ1) is 11.1. The van der Waals surface area contributed by atoms with Gasteiger partial charge in [-0.2, -0.15) is 0 Å². The first kappa shape index (κ1) is 18.0. The van der Waals surface area contributed by atoms with E-state index >= 15 is 0 Å². The number of halogens is 1. The third-order valence-electron chi connectivity index (χ3n) is 4.34. The second-order valence-electron chi connectivity index (χ2n) is 5.95. The number of piperidine rings is 1. The van der Waals surface area contributed by atoms with Gasteiger partial charge >= 0.3 is 6.03 Å². The molecule has 0 radical (unpaired) electrons. The Kier molecular flexibility index (Phi) is 7.15. The van der Waals surface area contributed by atoms with Crippen LogP contribution in [0, 0.1) is 5.92 Å². The van der Waals surface area contributed by atoms with Gasteiger partial charge in [0.15, 0.2) is 0 Å². The Morgan fingerprint density at radius 1 is 1.39 bits per heavy atom. The van der Waals surface area contributed by atoms with Gasteiger partial charge in [0.1, 0.15) is 0 Å². The number of hydrogen-bond acceptors (Lipinski definition) is 3. The molecule has 2 amide bonds. The maximum Gasteiger partial charge on any atom is 0.317 e. The van der Waals surface area contributed by atoms with Crippen LogP contribution in [0.15, 0.2) is 24.3 Å². The third kappa shape index (κ3) is 5.37. The summed E-state index contributed by atoms with van der Waals surface area (Å²) in [6.07, 6.45) is 2.41. The SMILES string of the molecule is COCCC(NC(=O)N1CCC(CO)CC1)c1ccc(Cl)cc1. The maximum atomic E-state index is 12.5. The second-order valence-corrected chi connectivity index (χ2v) is 6.38. The van der Waals surface area contributed by atoms with Gasteiger partial charge < -0.3 is 20.1 Å². The number of urea groups is 1. The summed E-state index contributed by atoms with van der Waals surface area (Å²) >= 11 is 5.93. The Hall–Kier alpha value is -1.30. The van der Waals surface area contributed by atoms with E-state index in [2.05, 4.69) is 5.32 Å². The van der Waals surface area contributed by atoms with Crippen molar-refractivity contribution in [1.82, 2.24) is 10.2 Å². The zero-order valence-corrected chi connectivity index (χ0v) is 14.3. The van der Waals surface area contributed by atoms with Crippen LogP contribution in [0.5, 0.6) is 0 Å². The van der Waals surface area contributed by atoms with E-state index < -0.39 is 0 Å². The second kappa shape index (κ2) is 9.11. The molecule has 1 aliphatic rings. The molecule has 1 aromatic carbocycles. The summed E-state index contributed by atoms with van der Waals surface area (Å²) in [6, 6.07) is 7.36. The van der Waals surface area contributed by atoms with Gasteiger partial charge in [-0.25, -0.2) is 4.79 Å². The van der Waals surface area contributed by atoms with E-state index in [0.717, 1.165) is 18.4 Å². The Labute approximate surface area is 142 Å². The topological polar surface area (TPSA) is 61.8 Å². The molecular formula is C17H25ClN2O3. The fraction of sp³-hybridized carbons (Fsp3) is 0.588. The number of nitrogens with zero attached hydrogens (tertiary/aromatic N) is 1. The number of aliphatic hydroxyl groups is 1. The van der Waals surface area contributed by atoms with Gasteiger partial charge in [0, 0.05) is 38.4 Å². The van der Waals surface area contributed by atoms with E-state index in [1.165, 1.54) is 0 Å². The van der Waals surface area contributed by atoms with E-state index in [1.807, 2.05) is 29.2 Å². The lowest BCUT2D eigenvalue weighted by Gasteiger charge is -2.32. The number of nitrogens with one attached hydrogen (secondary N) is 1. The molecule has 0 aliphatic carbocycles. The van der Waals surface area contributed by atoms with Gasteiger partial charge in [-0.3, -0.25) is 0 Å². The van der Waals surface area contributed by atoms with Crippen LogP contribution >= 0.6 is 11.6 Å². The van der Waals surface area contributed by atoms with E-state index in [4.69, 9.17) is 16.3 Å². The van der Waals surface area contributed by atoms with Gasteiger partial charge in [0.05, 0.1) is 6.04 Å². The summed E-state index contributed by atoms with van der Waals surface area (Å²) < 4.78 is 5.15. The minimum atomic E-state index is -0.102. The molecule has 2 N–H and O–H groups in total. The van der Waals surface area contributed by atoms with Crippen molar-refractivity contribution in [2.45, 2.75) is 25.3 Å². The molecule has 0 bridgehead atoms. The molecule has 1 aromatic rings. The highest BCUT2D eigenvalue weighted by Gasteiger charge is 2.24. The van der Waals surface area contributed by atoms with E-state index in [-0.39, 0.29) is 18.7 Å². The number of carbonyl (C=O) groups is 1. The maximum absolute atomic E-state index is 12.5. The van der Waals surface area contributed by atoms with Crippen LogP contribution in [0.25, 0.3) is 0 Å². The van der Waals surface area contributed by atoms with Crippen LogP contribution in [-0.2, 0) is 4.74 Å². The first-order valence-corrected chi connectivity index (χ1v) is 8.42. The average Bonchev–Trinajstić information content (AvgIpc) is 2.59. The highest BCUT2D eigenvalue weighted by Crippen LogP contribution is 2.21. The lowest BCUT2D eigenvalue weighted by atomic mass is 9.98. The fourth-order valence-corrected chi connectivity index (χ4v) is 2.94. The molecule has 128 valence electrons. The Morgan fingerprint density at radius 2 is 2.04 bits per heavy atom. The minimum Gasteiger partial charge on any atom is -0.396 e. The van der Waals surface area contributed by atoms with Crippen molar-refractivity contribution in [3.8, 4) is 0 Å². The van der Waals surface area contributed by atoms with Crippen LogP contribution in [-0.4, -0.2) is 49.5 Å². The van der Waals surface area contributed by atoms with Crippen LogP contribution in [0.3, 0.4) is 0 Å². The lowest BCUT2D eigenvalue weighted by molar-refractivity contribution is 0.133. The number of amides is 2. The van der Waals surface area contributed by atoms with Crippen molar-refractivity contribution in [2.24, 2.45) is 5.92 Å². The molecular weight excluding hydrogens is 316 g/mol.